The molecule has 3 rings (SSSR count). The molecule has 0 bridgehead atoms. The lowest BCUT2D eigenvalue weighted by Crippen LogP contribution is -2.24. The first-order valence-corrected chi connectivity index (χ1v) is 8.73. The predicted molar refractivity (Wildman–Crippen MR) is 95.2 cm³/mol. The topological polar surface area (TPSA) is 72.4 Å². The smallest absolute Gasteiger partial charge is 0.420 e. The molecule has 3 heterocycles. The van der Waals surface area contributed by atoms with Crippen LogP contribution >= 0.6 is 27.5 Å². The molecule has 0 saturated carbocycles. The van der Waals surface area contributed by atoms with Crippen molar-refractivity contribution in [3.8, 4) is 0 Å². The van der Waals surface area contributed by atoms with Gasteiger partial charge < -0.3 is 9.73 Å². The summed E-state index contributed by atoms with van der Waals surface area (Å²) in [5.41, 5.74) is -1.30. The van der Waals surface area contributed by atoms with Gasteiger partial charge in [0, 0.05) is 25.2 Å². The minimum atomic E-state index is -4.60. The Hall–Kier alpha value is -2.33. The highest BCUT2D eigenvalue weighted by atomic mass is 79.9. The molecule has 0 spiro atoms. The van der Waals surface area contributed by atoms with Gasteiger partial charge in [0.15, 0.2) is 10.3 Å². The summed E-state index contributed by atoms with van der Waals surface area (Å²) in [4.78, 5) is 11.8. The number of alkyl halides is 3. The Labute approximate surface area is 164 Å². The van der Waals surface area contributed by atoms with E-state index in [1.165, 1.54) is 22.7 Å². The molecule has 0 fully saturated rings. The van der Waals surface area contributed by atoms with Gasteiger partial charge in [0.25, 0.3) is 0 Å². The summed E-state index contributed by atoms with van der Waals surface area (Å²) in [5.74, 6) is 0.359. The van der Waals surface area contributed by atoms with Gasteiger partial charge in [-0.1, -0.05) is 11.6 Å². The van der Waals surface area contributed by atoms with Gasteiger partial charge in [-0.05, 0) is 40.2 Å². The second-order valence-corrected chi connectivity index (χ2v) is 6.61. The Morgan fingerprint density at radius 1 is 1.37 bits per heavy atom. The van der Waals surface area contributed by atoms with E-state index in [4.69, 9.17) is 16.0 Å². The average Bonchev–Trinajstić information content (AvgIpc) is 3.18. The third kappa shape index (κ3) is 4.69. The number of pyridine rings is 1. The second-order valence-electron chi connectivity index (χ2n) is 5.40. The Morgan fingerprint density at radius 2 is 2.15 bits per heavy atom. The molecule has 0 aliphatic carbocycles. The molecular formula is C16H11BrClF3N4O2. The number of aromatic nitrogens is 3. The van der Waals surface area contributed by atoms with Crippen molar-refractivity contribution in [1.82, 2.24) is 19.9 Å². The molecule has 3 aromatic rings. The largest absolute Gasteiger partial charge is 0.450 e. The summed E-state index contributed by atoms with van der Waals surface area (Å²) in [6.45, 7) is 0.152. The number of nitrogens with one attached hydrogen (secondary N) is 1. The van der Waals surface area contributed by atoms with E-state index in [-0.39, 0.29) is 35.4 Å². The summed E-state index contributed by atoms with van der Waals surface area (Å²) in [6.07, 6.45) is -0.354. The molecule has 0 aliphatic heterocycles. The predicted octanol–water partition coefficient (Wildman–Crippen LogP) is 4.13. The van der Waals surface area contributed by atoms with Crippen LogP contribution in [-0.4, -0.2) is 27.0 Å². The minimum Gasteiger partial charge on any atom is -0.450 e. The number of carbonyl (C=O) groups is 1. The molecule has 0 aliphatic rings. The number of amides is 1. The number of carbonyl (C=O) groups excluding carboxylic acids is 1. The van der Waals surface area contributed by atoms with E-state index in [9.17, 15) is 18.0 Å². The van der Waals surface area contributed by atoms with Crippen molar-refractivity contribution in [2.45, 2.75) is 12.6 Å². The summed E-state index contributed by atoms with van der Waals surface area (Å²) in [5, 5.41) is 9.88. The Kier molecular flexibility index (Phi) is 5.56. The first-order valence-electron chi connectivity index (χ1n) is 7.55. The third-order valence-electron chi connectivity index (χ3n) is 3.49. The molecule has 142 valence electrons. The summed E-state index contributed by atoms with van der Waals surface area (Å²) in [7, 11) is 0. The average molecular weight is 464 g/mol. The van der Waals surface area contributed by atoms with E-state index in [1.807, 2.05) is 0 Å². The lowest BCUT2D eigenvalue weighted by atomic mass is 10.2. The Morgan fingerprint density at radius 3 is 2.81 bits per heavy atom. The standard InChI is InChI=1S/C16H11BrClF3N4O2/c17-12-3-1-10(27-12)2-4-14(26)22-6-5-13-23-24-15-11(16(19,20)21)7-9(18)8-25(13)15/h1-4,7-8H,5-6H2,(H,22,26). The SMILES string of the molecule is O=C(C=Cc1ccc(Br)o1)NCCc1nnc2c(C(F)(F)F)cc(Cl)cn12. The maximum Gasteiger partial charge on any atom is 0.420 e. The maximum absolute atomic E-state index is 13.1. The lowest BCUT2D eigenvalue weighted by Gasteiger charge is -2.09. The van der Waals surface area contributed by atoms with Crippen LogP contribution in [0.2, 0.25) is 5.02 Å². The first kappa shape index (κ1) is 19.4. The molecule has 0 unspecified atom stereocenters. The molecule has 1 amide bonds. The first-order chi connectivity index (χ1) is 12.7. The van der Waals surface area contributed by atoms with Crippen LogP contribution in [-0.2, 0) is 17.4 Å². The normalized spacial score (nSPS) is 12.2. The van der Waals surface area contributed by atoms with E-state index in [1.54, 1.807) is 12.1 Å². The molecule has 1 N–H and O–H groups in total. The van der Waals surface area contributed by atoms with Crippen molar-refractivity contribution in [2.75, 3.05) is 6.54 Å². The zero-order chi connectivity index (χ0) is 19.6. The molecular weight excluding hydrogens is 453 g/mol. The van der Waals surface area contributed by atoms with Gasteiger partial charge in [0.05, 0.1) is 5.02 Å². The van der Waals surface area contributed by atoms with E-state index in [2.05, 4.69) is 31.4 Å². The molecule has 0 radical (unpaired) electrons. The highest BCUT2D eigenvalue weighted by Crippen LogP contribution is 2.33. The molecule has 0 atom stereocenters. The monoisotopic (exact) mass is 462 g/mol. The number of furan rings is 1. The fourth-order valence-corrected chi connectivity index (χ4v) is 2.84. The van der Waals surface area contributed by atoms with Gasteiger partial charge >= 0.3 is 6.18 Å². The van der Waals surface area contributed by atoms with Crippen molar-refractivity contribution in [2.24, 2.45) is 0 Å². The van der Waals surface area contributed by atoms with Gasteiger partial charge in [-0.15, -0.1) is 10.2 Å². The van der Waals surface area contributed by atoms with Crippen molar-refractivity contribution < 1.29 is 22.4 Å². The maximum atomic E-state index is 13.1. The van der Waals surface area contributed by atoms with E-state index >= 15 is 0 Å². The molecule has 6 nitrogen and oxygen atoms in total. The van der Waals surface area contributed by atoms with Crippen LogP contribution in [0.5, 0.6) is 0 Å². The van der Waals surface area contributed by atoms with Crippen molar-refractivity contribution >= 4 is 45.2 Å². The number of halogens is 5. The van der Waals surface area contributed by atoms with Gasteiger partial charge in [0.1, 0.15) is 17.1 Å². The fourth-order valence-electron chi connectivity index (χ4n) is 2.32. The molecule has 0 saturated heterocycles. The minimum absolute atomic E-state index is 0.0903. The van der Waals surface area contributed by atoms with Crippen LogP contribution in [0.1, 0.15) is 17.1 Å². The lowest BCUT2D eigenvalue weighted by molar-refractivity contribution is -0.136. The quantitative estimate of drug-likeness (QED) is 0.578. The molecule has 11 heteroatoms. The molecule has 3 aromatic heterocycles. The summed E-state index contributed by atoms with van der Waals surface area (Å²) >= 11 is 8.93. The number of nitrogens with zero attached hydrogens (tertiary/aromatic N) is 3. The van der Waals surface area contributed by atoms with Crippen LogP contribution in [0.4, 0.5) is 13.2 Å². The van der Waals surface area contributed by atoms with Crippen LogP contribution in [0.25, 0.3) is 11.7 Å². The number of fused-ring (bicyclic) bond motifs is 1. The number of rotatable bonds is 5. The van der Waals surface area contributed by atoms with Crippen molar-refractivity contribution in [3.63, 3.8) is 0 Å². The number of hydrogen-bond donors (Lipinski definition) is 1. The Bertz CT molecular complexity index is 1010. The van der Waals surface area contributed by atoms with Gasteiger partial charge in [-0.2, -0.15) is 13.2 Å². The van der Waals surface area contributed by atoms with Crippen LogP contribution in [0, 0.1) is 0 Å². The van der Waals surface area contributed by atoms with E-state index < -0.39 is 11.7 Å². The van der Waals surface area contributed by atoms with Crippen LogP contribution in [0.15, 0.2) is 39.6 Å². The highest BCUT2D eigenvalue weighted by molar-refractivity contribution is 9.10. The van der Waals surface area contributed by atoms with E-state index in [0.717, 1.165) is 6.07 Å². The summed E-state index contributed by atoms with van der Waals surface area (Å²) in [6, 6.07) is 4.17. The highest BCUT2D eigenvalue weighted by Gasteiger charge is 2.35. The Balaban J connectivity index is 1.66. The second kappa shape index (κ2) is 7.73. The molecule has 0 aromatic carbocycles. The van der Waals surface area contributed by atoms with Crippen LogP contribution in [0.3, 0.4) is 0 Å². The fraction of sp³-hybridized carbons (Fsp3) is 0.188. The summed E-state index contributed by atoms with van der Waals surface area (Å²) < 4.78 is 46.2. The molecule has 27 heavy (non-hydrogen) atoms. The van der Waals surface area contributed by atoms with Gasteiger partial charge in [-0.25, -0.2) is 0 Å². The number of hydrogen-bond acceptors (Lipinski definition) is 4. The van der Waals surface area contributed by atoms with Crippen molar-refractivity contribution in [1.29, 1.82) is 0 Å². The third-order valence-corrected chi connectivity index (χ3v) is 4.12. The van der Waals surface area contributed by atoms with Gasteiger partial charge in [-0.3, -0.25) is 9.20 Å². The zero-order valence-electron chi connectivity index (χ0n) is 13.4. The van der Waals surface area contributed by atoms with Crippen LogP contribution < -0.4 is 5.32 Å². The zero-order valence-corrected chi connectivity index (χ0v) is 15.8. The van der Waals surface area contributed by atoms with E-state index in [0.29, 0.717) is 10.4 Å². The van der Waals surface area contributed by atoms with Crippen molar-refractivity contribution in [3.05, 3.63) is 57.3 Å². The van der Waals surface area contributed by atoms with Gasteiger partial charge in [0.2, 0.25) is 5.91 Å².